The lowest BCUT2D eigenvalue weighted by Gasteiger charge is -2.29. The van der Waals surface area contributed by atoms with Crippen LogP contribution in [0, 0.1) is 11.3 Å². The van der Waals surface area contributed by atoms with Crippen LogP contribution in [0.15, 0.2) is 48.8 Å². The minimum absolute atomic E-state index is 0.0386. The van der Waals surface area contributed by atoms with Gasteiger partial charge >= 0.3 is 0 Å². The molecule has 0 atom stereocenters. The van der Waals surface area contributed by atoms with Crippen LogP contribution in [0.5, 0.6) is 5.88 Å². The van der Waals surface area contributed by atoms with Gasteiger partial charge in [0.25, 0.3) is 11.8 Å². The molecule has 0 saturated heterocycles. The number of ether oxygens (including phenoxy) is 1. The fourth-order valence-corrected chi connectivity index (χ4v) is 3.66. The van der Waals surface area contributed by atoms with Crippen molar-refractivity contribution in [1.29, 1.82) is 5.26 Å². The zero-order valence-electron chi connectivity index (χ0n) is 16.7. The molecule has 0 bridgehead atoms. The summed E-state index contributed by atoms with van der Waals surface area (Å²) in [5.74, 6) is 0.146. The van der Waals surface area contributed by atoms with Crippen LogP contribution >= 0.6 is 0 Å². The highest BCUT2D eigenvalue weighted by molar-refractivity contribution is 5.93. The molecule has 30 heavy (non-hydrogen) atoms. The van der Waals surface area contributed by atoms with Gasteiger partial charge in [-0.1, -0.05) is 30.3 Å². The van der Waals surface area contributed by atoms with Gasteiger partial charge in [-0.3, -0.25) is 9.48 Å². The third-order valence-electron chi connectivity index (χ3n) is 5.24. The number of hydrogen-bond acceptors (Lipinski definition) is 6. The van der Waals surface area contributed by atoms with E-state index in [0.29, 0.717) is 5.69 Å². The Labute approximate surface area is 174 Å². The number of carbonyl (C=O) groups excluding carboxylic acids is 1. The first-order chi connectivity index (χ1) is 14.6. The number of aryl methyl sites for hydroxylation is 1. The number of hydrogen-bond donors (Lipinski definition) is 1. The van der Waals surface area contributed by atoms with Gasteiger partial charge in [0.05, 0.1) is 5.69 Å². The van der Waals surface area contributed by atoms with Crippen molar-refractivity contribution < 1.29 is 9.53 Å². The van der Waals surface area contributed by atoms with E-state index < -0.39 is 0 Å². The van der Waals surface area contributed by atoms with Crippen molar-refractivity contribution in [2.45, 2.75) is 37.8 Å². The molecule has 2 aromatic heterocycles. The van der Waals surface area contributed by atoms with E-state index in [9.17, 15) is 4.79 Å². The number of nitrogens with zero attached hydrogens (tertiary/aromatic N) is 5. The maximum Gasteiger partial charge on any atom is 0.269 e. The monoisotopic (exact) mass is 402 g/mol. The molecule has 0 aliphatic heterocycles. The number of aromatic nitrogens is 4. The number of benzene rings is 1. The largest absolute Gasteiger partial charge is 0.472 e. The summed E-state index contributed by atoms with van der Waals surface area (Å²) < 4.78 is 7.48. The van der Waals surface area contributed by atoms with Crippen LogP contribution in [0.3, 0.4) is 0 Å². The third-order valence-corrected chi connectivity index (χ3v) is 5.24. The van der Waals surface area contributed by atoms with Gasteiger partial charge in [0, 0.05) is 31.0 Å². The van der Waals surface area contributed by atoms with Crippen LogP contribution < -0.4 is 10.1 Å². The molecule has 8 nitrogen and oxygen atoms in total. The Morgan fingerprint density at radius 2 is 1.90 bits per heavy atom. The van der Waals surface area contributed by atoms with Gasteiger partial charge in [0.2, 0.25) is 5.69 Å². The van der Waals surface area contributed by atoms with E-state index >= 15 is 0 Å². The minimum Gasteiger partial charge on any atom is -0.472 e. The summed E-state index contributed by atoms with van der Waals surface area (Å²) in [5, 5.41) is 16.7. The van der Waals surface area contributed by atoms with Crippen molar-refractivity contribution >= 4 is 5.91 Å². The molecule has 1 amide bonds. The molecule has 2 heterocycles. The quantitative estimate of drug-likeness (QED) is 0.703. The molecule has 3 aromatic rings. The molecule has 1 aliphatic carbocycles. The number of nitriles is 1. The van der Waals surface area contributed by atoms with Gasteiger partial charge in [0.1, 0.15) is 17.9 Å². The van der Waals surface area contributed by atoms with Gasteiger partial charge in [-0.25, -0.2) is 9.97 Å². The van der Waals surface area contributed by atoms with Crippen molar-refractivity contribution in [2.75, 3.05) is 0 Å². The summed E-state index contributed by atoms with van der Waals surface area (Å²) in [6, 6.07) is 13.7. The van der Waals surface area contributed by atoms with E-state index in [1.807, 2.05) is 42.5 Å². The van der Waals surface area contributed by atoms with Crippen LogP contribution in [0.4, 0.5) is 0 Å². The predicted octanol–water partition coefficient (Wildman–Crippen LogP) is 2.87. The van der Waals surface area contributed by atoms with E-state index in [1.165, 1.54) is 12.4 Å². The van der Waals surface area contributed by atoms with Crippen molar-refractivity contribution in [2.24, 2.45) is 7.05 Å². The summed E-state index contributed by atoms with van der Waals surface area (Å²) in [6.45, 7) is 0. The second-order valence-corrected chi connectivity index (χ2v) is 7.29. The molecule has 1 aliphatic rings. The number of nitrogens with one attached hydrogen (secondary N) is 1. The summed E-state index contributed by atoms with van der Waals surface area (Å²) >= 11 is 0. The third kappa shape index (κ3) is 4.30. The molecule has 0 radical (unpaired) electrons. The van der Waals surface area contributed by atoms with Crippen molar-refractivity contribution in [3.63, 3.8) is 0 Å². The Morgan fingerprint density at radius 1 is 1.17 bits per heavy atom. The fourth-order valence-electron chi connectivity index (χ4n) is 3.66. The average Bonchev–Trinajstić information content (AvgIpc) is 3.18. The van der Waals surface area contributed by atoms with Crippen molar-refractivity contribution in [3.05, 3.63) is 60.2 Å². The Morgan fingerprint density at radius 3 is 2.63 bits per heavy atom. The highest BCUT2D eigenvalue weighted by Gasteiger charge is 2.26. The minimum atomic E-state index is -0.128. The molecule has 1 aromatic carbocycles. The zero-order chi connectivity index (χ0) is 20.9. The molecule has 8 heteroatoms. The Hall–Kier alpha value is -3.73. The van der Waals surface area contributed by atoms with Crippen molar-refractivity contribution in [3.8, 4) is 23.2 Å². The van der Waals surface area contributed by atoms with Gasteiger partial charge in [-0.15, -0.1) is 0 Å². The Bertz CT molecular complexity index is 1060. The van der Waals surface area contributed by atoms with Crippen LogP contribution in [0.2, 0.25) is 0 Å². The smallest absolute Gasteiger partial charge is 0.269 e. The van der Waals surface area contributed by atoms with E-state index in [2.05, 4.69) is 20.4 Å². The average molecular weight is 402 g/mol. The molecular weight excluding hydrogens is 380 g/mol. The number of carbonyl (C=O) groups is 1. The van der Waals surface area contributed by atoms with Crippen LogP contribution in [0.1, 0.15) is 41.9 Å². The maximum atomic E-state index is 12.8. The number of rotatable bonds is 5. The summed E-state index contributed by atoms with van der Waals surface area (Å²) in [7, 11) is 1.78. The predicted molar refractivity (Wildman–Crippen MR) is 110 cm³/mol. The summed E-state index contributed by atoms with van der Waals surface area (Å²) in [6.07, 6.45) is 6.08. The first-order valence-corrected chi connectivity index (χ1v) is 9.92. The topological polar surface area (TPSA) is 106 Å². The van der Waals surface area contributed by atoms with E-state index in [0.717, 1.165) is 36.9 Å². The van der Waals surface area contributed by atoms with E-state index in [1.54, 1.807) is 11.7 Å². The highest BCUT2D eigenvalue weighted by atomic mass is 16.5. The molecule has 0 spiro atoms. The first-order valence-electron chi connectivity index (χ1n) is 9.92. The first kappa shape index (κ1) is 19.6. The summed E-state index contributed by atoms with van der Waals surface area (Å²) in [5.41, 5.74) is 2.48. The van der Waals surface area contributed by atoms with Gasteiger partial charge in [-0.05, 0) is 31.7 Å². The molecule has 0 unspecified atom stereocenters. The maximum absolute atomic E-state index is 12.8. The fraction of sp³-hybridized carbons (Fsp3) is 0.318. The van der Waals surface area contributed by atoms with Crippen LogP contribution in [-0.4, -0.2) is 37.8 Å². The van der Waals surface area contributed by atoms with Gasteiger partial charge in [-0.2, -0.15) is 10.4 Å². The van der Waals surface area contributed by atoms with Gasteiger partial charge in [0.15, 0.2) is 0 Å². The Balaban J connectivity index is 1.34. The van der Waals surface area contributed by atoms with Gasteiger partial charge < -0.3 is 10.1 Å². The summed E-state index contributed by atoms with van der Waals surface area (Å²) in [4.78, 5) is 20.8. The van der Waals surface area contributed by atoms with Crippen LogP contribution in [-0.2, 0) is 7.05 Å². The Kier molecular flexibility index (Phi) is 5.70. The molecular formula is C22H22N6O2. The second kappa shape index (κ2) is 8.74. The second-order valence-electron chi connectivity index (χ2n) is 7.29. The lowest BCUT2D eigenvalue weighted by molar-refractivity contribution is 0.0880. The standard InChI is InChI=1S/C22H22N6O2/c1-28-20(13-18(27-28)15-5-3-2-4-6-15)21(29)26-16-7-9-17(10-8-16)30-22-19(14-23)24-11-12-25-22/h2-6,11-13,16-17H,7-10H2,1H3,(H,26,29). The lowest BCUT2D eigenvalue weighted by Crippen LogP contribution is -2.40. The molecule has 152 valence electrons. The zero-order valence-corrected chi connectivity index (χ0v) is 16.7. The van der Waals surface area contributed by atoms with E-state index in [-0.39, 0.29) is 29.6 Å². The molecule has 1 fully saturated rings. The molecule has 4 rings (SSSR count). The number of amides is 1. The lowest BCUT2D eigenvalue weighted by atomic mass is 9.93. The van der Waals surface area contributed by atoms with Crippen LogP contribution in [0.25, 0.3) is 11.3 Å². The normalized spacial score (nSPS) is 18.4. The van der Waals surface area contributed by atoms with E-state index in [4.69, 9.17) is 10.00 Å². The molecule has 1 saturated carbocycles. The molecule has 1 N–H and O–H groups in total. The highest BCUT2D eigenvalue weighted by Crippen LogP contribution is 2.24. The van der Waals surface area contributed by atoms with Crippen molar-refractivity contribution in [1.82, 2.24) is 25.1 Å². The SMILES string of the molecule is Cn1nc(-c2ccccc2)cc1C(=O)NC1CCC(Oc2nccnc2C#N)CC1.